The molecular weight excluding hydrogens is 414 g/mol. The Morgan fingerprint density at radius 1 is 0.903 bits per heavy atom. The number of hydrogen-bond donors (Lipinski definition) is 0. The fourth-order valence-electron chi connectivity index (χ4n) is 3.58. The van der Waals surface area contributed by atoms with Crippen LogP contribution in [0, 0.1) is 0 Å². The van der Waals surface area contributed by atoms with Crippen LogP contribution in [0.3, 0.4) is 0 Å². The number of amides is 1. The minimum absolute atomic E-state index is 0.150. The van der Waals surface area contributed by atoms with Gasteiger partial charge in [-0.15, -0.1) is 0 Å². The number of aromatic nitrogens is 2. The van der Waals surface area contributed by atoms with Crippen LogP contribution in [0.4, 0.5) is 0 Å². The summed E-state index contributed by atoms with van der Waals surface area (Å²) in [5, 5.41) is 4.70. The Morgan fingerprint density at radius 3 is 2.06 bits per heavy atom. The van der Waals surface area contributed by atoms with E-state index in [-0.39, 0.29) is 19.0 Å². The smallest absolute Gasteiger partial charge is 0.281 e. The topological polar surface area (TPSA) is 78.8 Å². The predicted molar refractivity (Wildman–Crippen MR) is 119 cm³/mol. The molecule has 4 rings (SSSR count). The van der Waals surface area contributed by atoms with E-state index < -0.39 is 10.2 Å². The molecule has 9 heteroatoms. The number of piperazine rings is 1. The van der Waals surface area contributed by atoms with E-state index in [1.807, 2.05) is 60.7 Å². The average Bonchev–Trinajstić information content (AvgIpc) is 3.25. The highest BCUT2D eigenvalue weighted by molar-refractivity contribution is 7.86. The van der Waals surface area contributed by atoms with Crippen molar-refractivity contribution in [2.24, 2.45) is 0 Å². The van der Waals surface area contributed by atoms with Crippen LogP contribution in [0.1, 0.15) is 10.4 Å². The largest absolute Gasteiger partial charge is 0.336 e. The zero-order valence-electron chi connectivity index (χ0n) is 17.5. The van der Waals surface area contributed by atoms with Crippen LogP contribution in [0.5, 0.6) is 0 Å². The van der Waals surface area contributed by atoms with E-state index in [0.29, 0.717) is 24.3 Å². The summed E-state index contributed by atoms with van der Waals surface area (Å²) in [4.78, 5) is 15.1. The molecule has 0 aliphatic carbocycles. The van der Waals surface area contributed by atoms with Crippen molar-refractivity contribution in [1.29, 1.82) is 0 Å². The van der Waals surface area contributed by atoms with E-state index in [4.69, 9.17) is 5.10 Å². The predicted octanol–water partition coefficient (Wildman–Crippen LogP) is 2.10. The molecule has 3 aromatic rings. The number of benzene rings is 2. The van der Waals surface area contributed by atoms with Gasteiger partial charge in [-0.25, -0.2) is 4.68 Å². The second-order valence-electron chi connectivity index (χ2n) is 7.52. The van der Waals surface area contributed by atoms with Gasteiger partial charge in [0.05, 0.1) is 11.3 Å². The highest BCUT2D eigenvalue weighted by Crippen LogP contribution is 2.25. The normalized spacial score (nSPS) is 15.4. The van der Waals surface area contributed by atoms with Gasteiger partial charge in [-0.1, -0.05) is 48.5 Å². The van der Waals surface area contributed by atoms with E-state index in [9.17, 15) is 13.2 Å². The fraction of sp³-hybridized carbons (Fsp3) is 0.273. The summed E-state index contributed by atoms with van der Waals surface area (Å²) in [6.07, 6.45) is 1.75. The first-order chi connectivity index (χ1) is 14.9. The van der Waals surface area contributed by atoms with Crippen molar-refractivity contribution < 1.29 is 13.2 Å². The molecule has 1 aromatic heterocycles. The average molecular weight is 440 g/mol. The summed E-state index contributed by atoms with van der Waals surface area (Å²) >= 11 is 0. The van der Waals surface area contributed by atoms with E-state index in [2.05, 4.69) is 0 Å². The zero-order valence-corrected chi connectivity index (χ0v) is 18.4. The quantitative estimate of drug-likeness (QED) is 0.610. The van der Waals surface area contributed by atoms with Crippen molar-refractivity contribution in [2.45, 2.75) is 0 Å². The van der Waals surface area contributed by atoms with Gasteiger partial charge in [-0.3, -0.25) is 4.79 Å². The van der Waals surface area contributed by atoms with Crippen molar-refractivity contribution in [2.75, 3.05) is 40.3 Å². The molecule has 0 bridgehead atoms. The molecule has 1 aliphatic rings. The minimum Gasteiger partial charge on any atom is -0.336 e. The van der Waals surface area contributed by atoms with E-state index in [1.54, 1.807) is 15.8 Å². The number of hydrogen-bond acceptors (Lipinski definition) is 4. The van der Waals surface area contributed by atoms with Gasteiger partial charge in [0.15, 0.2) is 0 Å². The molecule has 162 valence electrons. The second-order valence-corrected chi connectivity index (χ2v) is 9.66. The Morgan fingerprint density at radius 2 is 1.48 bits per heavy atom. The number of carbonyl (C=O) groups is 1. The summed E-state index contributed by atoms with van der Waals surface area (Å²) in [5.74, 6) is -0.150. The van der Waals surface area contributed by atoms with Gasteiger partial charge in [0, 0.05) is 52.0 Å². The van der Waals surface area contributed by atoms with Crippen LogP contribution in [0.25, 0.3) is 16.9 Å². The van der Waals surface area contributed by atoms with Crippen LogP contribution in [0.2, 0.25) is 0 Å². The summed E-state index contributed by atoms with van der Waals surface area (Å²) in [6.45, 7) is 1.19. The molecule has 1 fully saturated rings. The molecule has 0 saturated carbocycles. The van der Waals surface area contributed by atoms with Crippen LogP contribution >= 0.6 is 0 Å². The first-order valence-electron chi connectivity index (χ1n) is 10.1. The number of rotatable bonds is 5. The van der Waals surface area contributed by atoms with Crippen molar-refractivity contribution >= 4 is 16.1 Å². The third kappa shape index (κ3) is 4.25. The molecule has 8 nitrogen and oxygen atoms in total. The molecule has 1 saturated heterocycles. The number of nitrogens with zero attached hydrogens (tertiary/aromatic N) is 5. The Labute approximate surface area is 182 Å². The van der Waals surface area contributed by atoms with Crippen LogP contribution in [-0.4, -0.2) is 77.9 Å². The molecule has 0 spiro atoms. The highest BCUT2D eigenvalue weighted by atomic mass is 32.2. The molecule has 2 heterocycles. The lowest BCUT2D eigenvalue weighted by atomic mass is 10.1. The van der Waals surface area contributed by atoms with E-state index in [1.165, 1.54) is 22.7 Å². The number of carbonyl (C=O) groups excluding carboxylic acids is 1. The van der Waals surface area contributed by atoms with Gasteiger partial charge in [0.1, 0.15) is 5.69 Å². The zero-order chi connectivity index (χ0) is 22.0. The SMILES string of the molecule is CN(C)S(=O)(=O)N1CCN(C(=O)c2cn(-c3ccccc3)nc2-c2ccccc2)CC1. The van der Waals surface area contributed by atoms with Gasteiger partial charge >= 0.3 is 0 Å². The monoisotopic (exact) mass is 439 g/mol. The first kappa shape index (κ1) is 21.2. The molecule has 0 atom stereocenters. The molecule has 0 unspecified atom stereocenters. The standard InChI is InChI=1S/C22H25N5O3S/c1-24(2)31(29,30)26-15-13-25(14-16-26)22(28)20-17-27(19-11-7-4-8-12-19)23-21(20)18-9-5-3-6-10-18/h3-12,17H,13-16H2,1-2H3. The maximum Gasteiger partial charge on any atom is 0.281 e. The summed E-state index contributed by atoms with van der Waals surface area (Å²) in [7, 11) is -0.463. The number of para-hydroxylation sites is 1. The molecule has 1 amide bonds. The maximum absolute atomic E-state index is 13.4. The summed E-state index contributed by atoms with van der Waals surface area (Å²) in [6, 6.07) is 19.2. The second kappa shape index (κ2) is 8.62. The van der Waals surface area contributed by atoms with E-state index in [0.717, 1.165) is 11.3 Å². The maximum atomic E-state index is 13.4. The van der Waals surface area contributed by atoms with Crippen molar-refractivity contribution in [3.63, 3.8) is 0 Å². The molecule has 0 radical (unpaired) electrons. The van der Waals surface area contributed by atoms with Gasteiger partial charge < -0.3 is 4.90 Å². The molecule has 2 aromatic carbocycles. The van der Waals surface area contributed by atoms with Gasteiger partial charge in [-0.05, 0) is 12.1 Å². The van der Waals surface area contributed by atoms with Crippen LogP contribution < -0.4 is 0 Å². The van der Waals surface area contributed by atoms with Crippen LogP contribution in [-0.2, 0) is 10.2 Å². The highest BCUT2D eigenvalue weighted by Gasteiger charge is 2.32. The lowest BCUT2D eigenvalue weighted by Crippen LogP contribution is -2.53. The lowest BCUT2D eigenvalue weighted by molar-refractivity contribution is 0.0696. The van der Waals surface area contributed by atoms with E-state index >= 15 is 0 Å². The van der Waals surface area contributed by atoms with Gasteiger partial charge in [0.2, 0.25) is 0 Å². The fourth-order valence-corrected chi connectivity index (χ4v) is 4.66. The summed E-state index contributed by atoms with van der Waals surface area (Å²) < 4.78 is 29.0. The van der Waals surface area contributed by atoms with Crippen molar-refractivity contribution in [3.8, 4) is 16.9 Å². The van der Waals surface area contributed by atoms with Crippen LogP contribution in [0.15, 0.2) is 66.9 Å². The molecule has 0 N–H and O–H groups in total. The third-order valence-electron chi connectivity index (χ3n) is 5.33. The minimum atomic E-state index is -3.48. The Kier molecular flexibility index (Phi) is 5.90. The summed E-state index contributed by atoms with van der Waals surface area (Å²) in [5.41, 5.74) is 2.83. The lowest BCUT2D eigenvalue weighted by Gasteiger charge is -2.35. The molecule has 1 aliphatic heterocycles. The molecular formula is C22H25N5O3S. The third-order valence-corrected chi connectivity index (χ3v) is 7.27. The van der Waals surface area contributed by atoms with Gasteiger partial charge in [0.25, 0.3) is 16.1 Å². The van der Waals surface area contributed by atoms with Crippen molar-refractivity contribution in [1.82, 2.24) is 23.3 Å². The first-order valence-corrected chi connectivity index (χ1v) is 11.4. The molecule has 31 heavy (non-hydrogen) atoms. The van der Waals surface area contributed by atoms with Crippen molar-refractivity contribution in [3.05, 3.63) is 72.4 Å². The Hall–Kier alpha value is -3.01. The van der Waals surface area contributed by atoms with Gasteiger partial charge in [-0.2, -0.15) is 22.1 Å². The Balaban J connectivity index is 1.63. The Bertz CT molecular complexity index is 1150.